The fraction of sp³-hybridized carbons (Fsp3) is 0.286. The number of rotatable bonds is 5. The molecule has 0 aromatic heterocycles. The van der Waals surface area contributed by atoms with Gasteiger partial charge in [-0.15, -0.1) is 0 Å². The standard InChI is InChI=1S/C28H25ClN2O7S/c1-33-18-8-7-17-21(24(18)34-2)27(32)38-23(17)22-20-14(11-19-25(26(20)35-3)37-13-36-19)9-10-31(22)28(39)30-16-6-4-5-15(29)12-16/h4-8,11-12,22-23H,9-10,13H2,1-3H3,(H,30,39). The number of halogens is 1. The number of esters is 1. The van der Waals surface area contributed by atoms with Crippen LogP contribution in [-0.4, -0.2) is 50.6 Å². The van der Waals surface area contributed by atoms with Crippen molar-refractivity contribution < 1.29 is 33.2 Å². The molecule has 39 heavy (non-hydrogen) atoms. The fourth-order valence-corrected chi connectivity index (χ4v) is 6.03. The Hall–Kier alpha value is -3.89. The minimum atomic E-state index is -0.736. The second-order valence-electron chi connectivity index (χ2n) is 9.14. The number of thiocarbonyl (C=S) groups is 1. The number of methoxy groups -OCH3 is 3. The molecule has 3 aliphatic heterocycles. The van der Waals surface area contributed by atoms with Crippen LogP contribution < -0.4 is 29.0 Å². The SMILES string of the molecule is COc1ccc2c(c1OC)C(=O)OC2C1c2c(cc3c(c2OC)OCO3)CCN1C(=S)Nc1cccc(Cl)c1. The Labute approximate surface area is 235 Å². The Morgan fingerprint density at radius 2 is 1.90 bits per heavy atom. The van der Waals surface area contributed by atoms with Crippen LogP contribution in [0.3, 0.4) is 0 Å². The Bertz CT molecular complexity index is 1500. The maximum atomic E-state index is 13.3. The molecule has 0 saturated heterocycles. The van der Waals surface area contributed by atoms with Crippen LogP contribution in [0.5, 0.6) is 28.7 Å². The number of hydrogen-bond donors (Lipinski definition) is 1. The first kappa shape index (κ1) is 25.4. The Balaban J connectivity index is 1.51. The van der Waals surface area contributed by atoms with E-state index in [0.717, 1.165) is 16.8 Å². The van der Waals surface area contributed by atoms with Gasteiger partial charge in [0.05, 0.1) is 21.3 Å². The van der Waals surface area contributed by atoms with Crippen molar-refractivity contribution in [1.29, 1.82) is 0 Å². The third kappa shape index (κ3) is 4.15. The summed E-state index contributed by atoms with van der Waals surface area (Å²) in [5, 5.41) is 4.32. The van der Waals surface area contributed by atoms with Crippen molar-refractivity contribution in [3.05, 3.63) is 69.7 Å². The van der Waals surface area contributed by atoms with E-state index in [2.05, 4.69) is 5.32 Å². The molecule has 0 amide bonds. The number of anilines is 1. The van der Waals surface area contributed by atoms with E-state index in [1.165, 1.54) is 14.2 Å². The summed E-state index contributed by atoms with van der Waals surface area (Å²) in [4.78, 5) is 15.3. The van der Waals surface area contributed by atoms with Gasteiger partial charge < -0.3 is 38.6 Å². The zero-order valence-electron chi connectivity index (χ0n) is 21.4. The van der Waals surface area contributed by atoms with Gasteiger partial charge in [-0.05, 0) is 54.5 Å². The largest absolute Gasteiger partial charge is 0.493 e. The number of cyclic esters (lactones) is 1. The lowest BCUT2D eigenvalue weighted by atomic mass is 9.85. The third-order valence-corrected chi connectivity index (χ3v) is 7.72. The summed E-state index contributed by atoms with van der Waals surface area (Å²) in [5.74, 6) is 1.90. The van der Waals surface area contributed by atoms with Crippen LogP contribution in [0.1, 0.15) is 39.2 Å². The van der Waals surface area contributed by atoms with E-state index in [-0.39, 0.29) is 6.79 Å². The second kappa shape index (κ2) is 10.0. The molecule has 0 aliphatic carbocycles. The van der Waals surface area contributed by atoms with E-state index >= 15 is 0 Å². The van der Waals surface area contributed by atoms with Crippen molar-refractivity contribution in [2.75, 3.05) is 40.0 Å². The first-order valence-electron chi connectivity index (χ1n) is 12.2. The van der Waals surface area contributed by atoms with Crippen molar-refractivity contribution >= 4 is 40.6 Å². The average Bonchev–Trinajstić information content (AvgIpc) is 3.54. The predicted molar refractivity (Wildman–Crippen MR) is 148 cm³/mol. The van der Waals surface area contributed by atoms with Crippen LogP contribution in [0.2, 0.25) is 5.02 Å². The summed E-state index contributed by atoms with van der Waals surface area (Å²) in [6.07, 6.45) is -0.0879. The van der Waals surface area contributed by atoms with E-state index in [4.69, 9.17) is 52.2 Å². The van der Waals surface area contributed by atoms with E-state index in [1.807, 2.05) is 29.2 Å². The van der Waals surface area contributed by atoms with Gasteiger partial charge in [0.2, 0.25) is 12.5 Å². The molecule has 6 rings (SSSR count). The summed E-state index contributed by atoms with van der Waals surface area (Å²) < 4.78 is 34.5. The molecule has 0 spiro atoms. The Morgan fingerprint density at radius 3 is 2.64 bits per heavy atom. The molecule has 202 valence electrons. The van der Waals surface area contributed by atoms with E-state index in [9.17, 15) is 4.79 Å². The highest BCUT2D eigenvalue weighted by Crippen LogP contribution is 2.55. The van der Waals surface area contributed by atoms with Crippen LogP contribution in [0.15, 0.2) is 42.5 Å². The lowest BCUT2D eigenvalue weighted by molar-refractivity contribution is 0.0164. The molecule has 3 aliphatic rings. The zero-order valence-corrected chi connectivity index (χ0v) is 23.0. The molecule has 0 radical (unpaired) electrons. The molecule has 0 bridgehead atoms. The van der Waals surface area contributed by atoms with Crippen molar-refractivity contribution in [3.63, 3.8) is 0 Å². The molecule has 3 aromatic carbocycles. The topological polar surface area (TPSA) is 87.7 Å². The van der Waals surface area contributed by atoms with Gasteiger partial charge in [-0.25, -0.2) is 4.79 Å². The van der Waals surface area contributed by atoms with Crippen molar-refractivity contribution in [3.8, 4) is 28.7 Å². The highest BCUT2D eigenvalue weighted by atomic mass is 35.5. The first-order chi connectivity index (χ1) is 18.9. The smallest absolute Gasteiger partial charge is 0.343 e. The number of nitrogens with zero attached hydrogens (tertiary/aromatic N) is 1. The molecule has 1 N–H and O–H groups in total. The van der Waals surface area contributed by atoms with Crippen LogP contribution >= 0.6 is 23.8 Å². The number of ether oxygens (including phenoxy) is 6. The van der Waals surface area contributed by atoms with Gasteiger partial charge >= 0.3 is 5.97 Å². The van der Waals surface area contributed by atoms with Crippen molar-refractivity contribution in [2.24, 2.45) is 0 Å². The van der Waals surface area contributed by atoms with Crippen LogP contribution in [-0.2, 0) is 11.2 Å². The second-order valence-corrected chi connectivity index (χ2v) is 9.96. The van der Waals surface area contributed by atoms with Crippen LogP contribution in [0.25, 0.3) is 0 Å². The predicted octanol–water partition coefficient (Wildman–Crippen LogP) is 5.30. The van der Waals surface area contributed by atoms with Crippen LogP contribution in [0, 0.1) is 0 Å². The minimum absolute atomic E-state index is 0.0932. The highest BCUT2D eigenvalue weighted by Gasteiger charge is 2.47. The summed E-state index contributed by atoms with van der Waals surface area (Å²) in [6.45, 7) is 0.638. The van der Waals surface area contributed by atoms with Gasteiger partial charge in [-0.1, -0.05) is 23.7 Å². The number of fused-ring (bicyclic) bond motifs is 3. The molecule has 3 heterocycles. The molecule has 0 saturated carbocycles. The molecule has 2 atom stereocenters. The molecule has 3 aromatic rings. The normalized spacial score (nSPS) is 18.7. The van der Waals surface area contributed by atoms with Gasteiger partial charge in [0.1, 0.15) is 11.6 Å². The lowest BCUT2D eigenvalue weighted by Gasteiger charge is -2.42. The Kier molecular flexibility index (Phi) is 6.52. The van der Waals surface area contributed by atoms with E-state index in [1.54, 1.807) is 25.3 Å². The third-order valence-electron chi connectivity index (χ3n) is 7.15. The quantitative estimate of drug-likeness (QED) is 0.323. The maximum absolute atomic E-state index is 13.3. The summed E-state index contributed by atoms with van der Waals surface area (Å²) in [7, 11) is 4.60. The maximum Gasteiger partial charge on any atom is 0.343 e. The number of benzene rings is 3. The van der Waals surface area contributed by atoms with Gasteiger partial charge in [0.15, 0.2) is 34.2 Å². The number of carbonyl (C=O) groups is 1. The highest BCUT2D eigenvalue weighted by molar-refractivity contribution is 7.80. The fourth-order valence-electron chi connectivity index (χ4n) is 5.51. The summed E-state index contributed by atoms with van der Waals surface area (Å²) in [6, 6.07) is 12.3. The van der Waals surface area contributed by atoms with Gasteiger partial charge in [0.25, 0.3) is 0 Å². The van der Waals surface area contributed by atoms with E-state index < -0.39 is 18.1 Å². The average molecular weight is 569 g/mol. The van der Waals surface area contributed by atoms with Gasteiger partial charge in [0, 0.05) is 28.4 Å². The van der Waals surface area contributed by atoms with E-state index in [0.29, 0.717) is 63.0 Å². The van der Waals surface area contributed by atoms with Crippen molar-refractivity contribution in [1.82, 2.24) is 4.90 Å². The number of nitrogens with one attached hydrogen (secondary N) is 1. The molecular formula is C28H25ClN2O7S. The van der Waals surface area contributed by atoms with Crippen molar-refractivity contribution in [2.45, 2.75) is 18.6 Å². The molecular weight excluding hydrogens is 544 g/mol. The monoisotopic (exact) mass is 568 g/mol. The number of carbonyl (C=O) groups excluding carboxylic acids is 1. The molecule has 2 unspecified atom stereocenters. The first-order valence-corrected chi connectivity index (χ1v) is 13.0. The summed E-state index contributed by atoms with van der Waals surface area (Å²) in [5.41, 5.74) is 3.52. The minimum Gasteiger partial charge on any atom is -0.493 e. The molecule has 11 heteroatoms. The molecule has 0 fully saturated rings. The van der Waals surface area contributed by atoms with Crippen LogP contribution in [0.4, 0.5) is 5.69 Å². The van der Waals surface area contributed by atoms with Gasteiger partial charge in [-0.2, -0.15) is 0 Å². The Morgan fingerprint density at radius 1 is 1.08 bits per heavy atom. The summed E-state index contributed by atoms with van der Waals surface area (Å²) >= 11 is 12.1. The zero-order chi connectivity index (χ0) is 27.3. The lowest BCUT2D eigenvalue weighted by Crippen LogP contribution is -2.45. The molecule has 9 nitrogen and oxygen atoms in total. The van der Waals surface area contributed by atoms with Gasteiger partial charge in [-0.3, -0.25) is 0 Å². The number of hydrogen-bond acceptors (Lipinski definition) is 8.